The Morgan fingerprint density at radius 2 is 1.82 bits per heavy atom. The zero-order chi connectivity index (χ0) is 13.1. The largest absolute Gasteiger partial charge is 0.416 e. The highest BCUT2D eigenvalue weighted by atomic mass is 19.4. The topological polar surface area (TPSA) is 35.5 Å². The van der Waals surface area contributed by atoms with E-state index in [-0.39, 0.29) is 11.1 Å². The van der Waals surface area contributed by atoms with E-state index in [0.29, 0.717) is 6.29 Å². The van der Waals surface area contributed by atoms with E-state index in [1.54, 1.807) is 0 Å². The molecule has 94 valence electrons. The summed E-state index contributed by atoms with van der Waals surface area (Å²) in [6, 6.07) is 2.78. The number of hydrogen-bond acceptors (Lipinski definition) is 3. The van der Waals surface area contributed by atoms with Gasteiger partial charge in [0, 0.05) is 25.3 Å². The summed E-state index contributed by atoms with van der Waals surface area (Å²) in [6.07, 6.45) is -5.01. The molecule has 0 atom stereocenters. The van der Waals surface area contributed by atoms with Gasteiger partial charge in [-0.3, -0.25) is 4.79 Å². The van der Waals surface area contributed by atoms with Crippen molar-refractivity contribution in [1.82, 2.24) is 0 Å². The summed E-state index contributed by atoms with van der Waals surface area (Å²) in [6.45, 7) is 0. The van der Waals surface area contributed by atoms with Gasteiger partial charge in [-0.25, -0.2) is 0 Å². The van der Waals surface area contributed by atoms with Crippen LogP contribution in [-0.2, 0) is 15.7 Å². The number of benzene rings is 1. The quantitative estimate of drug-likeness (QED) is 0.607. The molecule has 0 unspecified atom stereocenters. The molecule has 17 heavy (non-hydrogen) atoms. The molecule has 0 bridgehead atoms. The Labute approximate surface area is 96.1 Å². The molecular formula is C11H11F3O3. The van der Waals surface area contributed by atoms with Crippen molar-refractivity contribution in [2.75, 3.05) is 14.2 Å². The van der Waals surface area contributed by atoms with E-state index in [1.807, 2.05) is 0 Å². The highest BCUT2D eigenvalue weighted by Crippen LogP contribution is 2.32. The smallest absolute Gasteiger partial charge is 0.352 e. The average molecular weight is 248 g/mol. The molecule has 0 spiro atoms. The second-order valence-electron chi connectivity index (χ2n) is 3.26. The predicted octanol–water partition coefficient (Wildman–Crippen LogP) is 2.81. The van der Waals surface area contributed by atoms with Crippen LogP contribution in [0.25, 0.3) is 0 Å². The standard InChI is InChI=1S/C11H11F3O3/c1-16-10(17-2)9-5-8(11(12,13)14)4-3-7(9)6-15/h3-6,10H,1-2H3. The fraction of sp³-hybridized carbons (Fsp3) is 0.364. The van der Waals surface area contributed by atoms with Crippen molar-refractivity contribution >= 4 is 6.29 Å². The maximum atomic E-state index is 12.5. The molecule has 1 aromatic rings. The van der Waals surface area contributed by atoms with Crippen LogP contribution in [0.4, 0.5) is 13.2 Å². The molecule has 0 aliphatic heterocycles. The normalized spacial score (nSPS) is 11.9. The minimum Gasteiger partial charge on any atom is -0.352 e. The van der Waals surface area contributed by atoms with Gasteiger partial charge in [0.2, 0.25) is 0 Å². The highest BCUT2D eigenvalue weighted by Gasteiger charge is 2.31. The Hall–Kier alpha value is -1.40. The lowest BCUT2D eigenvalue weighted by Crippen LogP contribution is -2.11. The van der Waals surface area contributed by atoms with Crippen LogP contribution in [0.1, 0.15) is 27.8 Å². The van der Waals surface area contributed by atoms with Gasteiger partial charge in [0.05, 0.1) is 5.56 Å². The van der Waals surface area contributed by atoms with Crippen molar-refractivity contribution in [3.8, 4) is 0 Å². The van der Waals surface area contributed by atoms with Crippen LogP contribution in [0, 0.1) is 0 Å². The van der Waals surface area contributed by atoms with E-state index in [0.717, 1.165) is 18.2 Å². The van der Waals surface area contributed by atoms with Crippen molar-refractivity contribution in [2.45, 2.75) is 12.5 Å². The summed E-state index contributed by atoms with van der Waals surface area (Å²) in [5, 5.41) is 0. The molecule has 0 aliphatic carbocycles. The van der Waals surface area contributed by atoms with Gasteiger partial charge in [-0.05, 0) is 12.1 Å². The molecule has 0 radical (unpaired) electrons. The highest BCUT2D eigenvalue weighted by molar-refractivity contribution is 5.77. The molecule has 0 heterocycles. The maximum absolute atomic E-state index is 12.5. The van der Waals surface area contributed by atoms with Gasteiger partial charge in [0.15, 0.2) is 12.6 Å². The summed E-state index contributed by atoms with van der Waals surface area (Å²) < 4.78 is 47.2. The Kier molecular flexibility index (Phi) is 4.25. The van der Waals surface area contributed by atoms with Gasteiger partial charge in [-0.15, -0.1) is 0 Å². The molecule has 1 aromatic carbocycles. The molecule has 0 saturated heterocycles. The summed E-state index contributed by atoms with van der Waals surface area (Å²) in [7, 11) is 2.56. The van der Waals surface area contributed by atoms with Crippen molar-refractivity contribution in [1.29, 1.82) is 0 Å². The number of methoxy groups -OCH3 is 2. The lowest BCUT2D eigenvalue weighted by molar-refractivity contribution is -0.138. The SMILES string of the molecule is COC(OC)c1cc(C(F)(F)F)ccc1C=O. The second-order valence-corrected chi connectivity index (χ2v) is 3.26. The molecule has 0 aliphatic rings. The fourth-order valence-corrected chi connectivity index (χ4v) is 1.41. The first-order valence-corrected chi connectivity index (χ1v) is 4.66. The first kappa shape index (κ1) is 13.7. The fourth-order valence-electron chi connectivity index (χ4n) is 1.41. The van der Waals surface area contributed by atoms with Crippen molar-refractivity contribution < 1.29 is 27.4 Å². The maximum Gasteiger partial charge on any atom is 0.416 e. The van der Waals surface area contributed by atoms with Crippen LogP contribution in [0.2, 0.25) is 0 Å². The molecule has 3 nitrogen and oxygen atoms in total. The van der Waals surface area contributed by atoms with Crippen LogP contribution in [0.15, 0.2) is 18.2 Å². The van der Waals surface area contributed by atoms with Crippen LogP contribution >= 0.6 is 0 Å². The predicted molar refractivity (Wildman–Crippen MR) is 53.6 cm³/mol. The minimum atomic E-state index is -4.47. The third kappa shape index (κ3) is 3.04. The first-order valence-electron chi connectivity index (χ1n) is 4.66. The number of alkyl halides is 3. The lowest BCUT2D eigenvalue weighted by atomic mass is 10.0. The van der Waals surface area contributed by atoms with E-state index in [4.69, 9.17) is 9.47 Å². The van der Waals surface area contributed by atoms with Crippen LogP contribution < -0.4 is 0 Å². The number of ether oxygens (including phenoxy) is 2. The van der Waals surface area contributed by atoms with Crippen molar-refractivity contribution in [3.63, 3.8) is 0 Å². The molecule has 6 heteroatoms. The van der Waals surface area contributed by atoms with Gasteiger partial charge in [-0.1, -0.05) is 6.07 Å². The zero-order valence-corrected chi connectivity index (χ0v) is 9.25. The molecule has 0 amide bonds. The van der Waals surface area contributed by atoms with Gasteiger partial charge in [-0.2, -0.15) is 13.2 Å². The molecule has 0 saturated carbocycles. The summed E-state index contributed by atoms with van der Waals surface area (Å²) >= 11 is 0. The van der Waals surface area contributed by atoms with E-state index in [9.17, 15) is 18.0 Å². The van der Waals surface area contributed by atoms with E-state index >= 15 is 0 Å². The zero-order valence-electron chi connectivity index (χ0n) is 9.25. The van der Waals surface area contributed by atoms with E-state index < -0.39 is 18.0 Å². The summed E-state index contributed by atoms with van der Waals surface area (Å²) in [5.74, 6) is 0. The van der Waals surface area contributed by atoms with Crippen molar-refractivity contribution in [3.05, 3.63) is 34.9 Å². The third-order valence-corrected chi connectivity index (χ3v) is 2.22. The molecule has 0 aromatic heterocycles. The van der Waals surface area contributed by atoms with Gasteiger partial charge in [0.25, 0.3) is 0 Å². The van der Waals surface area contributed by atoms with Crippen molar-refractivity contribution in [2.24, 2.45) is 0 Å². The van der Waals surface area contributed by atoms with Crippen LogP contribution in [0.3, 0.4) is 0 Å². The molecular weight excluding hydrogens is 237 g/mol. The average Bonchev–Trinajstić information content (AvgIpc) is 2.29. The molecule has 0 N–H and O–H groups in total. The molecule has 0 fully saturated rings. The van der Waals surface area contributed by atoms with Gasteiger partial charge >= 0.3 is 6.18 Å². The Morgan fingerprint density at radius 1 is 1.24 bits per heavy atom. The van der Waals surface area contributed by atoms with Crippen LogP contribution in [-0.4, -0.2) is 20.5 Å². The monoisotopic (exact) mass is 248 g/mol. The van der Waals surface area contributed by atoms with Gasteiger partial charge < -0.3 is 9.47 Å². The van der Waals surface area contributed by atoms with Crippen LogP contribution in [0.5, 0.6) is 0 Å². The number of rotatable bonds is 4. The summed E-state index contributed by atoms with van der Waals surface area (Å²) in [4.78, 5) is 10.7. The Morgan fingerprint density at radius 3 is 2.24 bits per heavy atom. The number of carbonyl (C=O) groups excluding carboxylic acids is 1. The van der Waals surface area contributed by atoms with E-state index in [1.165, 1.54) is 14.2 Å². The Balaban J connectivity index is 3.28. The number of carbonyl (C=O) groups is 1. The lowest BCUT2D eigenvalue weighted by Gasteiger charge is -2.17. The first-order chi connectivity index (χ1) is 7.93. The van der Waals surface area contributed by atoms with Gasteiger partial charge in [0.1, 0.15) is 0 Å². The number of halogens is 3. The summed E-state index contributed by atoms with van der Waals surface area (Å²) in [5.41, 5.74) is -0.691. The minimum absolute atomic E-state index is 0.0554. The Bertz CT molecular complexity index is 397. The van der Waals surface area contributed by atoms with E-state index in [2.05, 4.69) is 0 Å². The second kappa shape index (κ2) is 5.29. The molecule has 1 rings (SSSR count). The third-order valence-electron chi connectivity index (χ3n) is 2.22. The number of hydrogen-bond donors (Lipinski definition) is 0. The number of aldehydes is 1.